The summed E-state index contributed by atoms with van der Waals surface area (Å²) in [6.45, 7) is 2.91. The molecule has 0 bridgehead atoms. The van der Waals surface area contributed by atoms with Crippen LogP contribution in [0, 0.1) is 0 Å². The molecule has 2 aliphatic heterocycles. The smallest absolute Gasteiger partial charge is 0.285 e. The SMILES string of the molecule is Cn1cccc1[C@H]1CCC[NH+]1[C@H](C(=O)N1CCCC1)c1ccccc1. The van der Waals surface area contributed by atoms with Crippen LogP contribution in [0.5, 0.6) is 0 Å². The molecule has 4 rings (SSSR count). The largest absolute Gasteiger partial charge is 0.350 e. The summed E-state index contributed by atoms with van der Waals surface area (Å²) in [5.41, 5.74) is 2.51. The fraction of sp³-hybridized carbons (Fsp3) is 0.476. The van der Waals surface area contributed by atoms with Crippen LogP contribution in [-0.4, -0.2) is 35.0 Å². The zero-order valence-corrected chi connectivity index (χ0v) is 15.0. The maximum Gasteiger partial charge on any atom is 0.285 e. The van der Waals surface area contributed by atoms with Crippen molar-refractivity contribution in [3.63, 3.8) is 0 Å². The highest BCUT2D eigenvalue weighted by atomic mass is 16.2. The summed E-state index contributed by atoms with van der Waals surface area (Å²) in [5, 5.41) is 0. The van der Waals surface area contributed by atoms with Crippen LogP contribution in [-0.2, 0) is 11.8 Å². The van der Waals surface area contributed by atoms with Crippen LogP contribution < -0.4 is 4.90 Å². The molecule has 1 aromatic heterocycles. The maximum absolute atomic E-state index is 13.4. The summed E-state index contributed by atoms with van der Waals surface area (Å²) in [6, 6.07) is 15.1. The molecular weight excluding hydrogens is 310 g/mol. The van der Waals surface area contributed by atoms with Gasteiger partial charge in [0.2, 0.25) is 0 Å². The van der Waals surface area contributed by atoms with Gasteiger partial charge in [0.05, 0.1) is 12.2 Å². The van der Waals surface area contributed by atoms with Crippen molar-refractivity contribution in [2.45, 2.75) is 37.8 Å². The third-order valence-electron chi connectivity index (χ3n) is 5.92. The van der Waals surface area contributed by atoms with Gasteiger partial charge in [0, 0.05) is 44.7 Å². The summed E-state index contributed by atoms with van der Waals surface area (Å²) in [6.07, 6.45) is 6.74. The zero-order valence-electron chi connectivity index (χ0n) is 15.0. The second-order valence-electron chi connectivity index (χ2n) is 7.44. The Hall–Kier alpha value is -2.07. The lowest BCUT2D eigenvalue weighted by atomic mass is 10.0. The van der Waals surface area contributed by atoms with E-state index in [4.69, 9.17) is 0 Å². The quantitative estimate of drug-likeness (QED) is 0.909. The first-order chi connectivity index (χ1) is 12.3. The number of carbonyl (C=O) groups is 1. The standard InChI is InChI=1S/C21H27N3O/c1-22-13-7-11-18(22)19-12-8-16-24(19)20(17-9-3-2-4-10-17)21(25)23-14-5-6-15-23/h2-4,7,9-11,13,19-20H,5-6,8,12,14-16H2,1H3/p+1/t19-,20+/m1/s1. The minimum Gasteiger partial charge on any atom is -0.350 e. The van der Waals surface area contributed by atoms with Crippen LogP contribution in [0.15, 0.2) is 48.7 Å². The first kappa shape index (κ1) is 16.4. The van der Waals surface area contributed by atoms with Crippen molar-refractivity contribution >= 4 is 5.91 Å². The predicted octanol–water partition coefficient (Wildman–Crippen LogP) is 2.11. The van der Waals surface area contributed by atoms with Gasteiger partial charge in [-0.2, -0.15) is 0 Å². The molecule has 0 aliphatic carbocycles. The number of hydrogen-bond acceptors (Lipinski definition) is 1. The van der Waals surface area contributed by atoms with Crippen molar-refractivity contribution in [1.82, 2.24) is 9.47 Å². The third kappa shape index (κ3) is 3.11. The summed E-state index contributed by atoms with van der Waals surface area (Å²) in [5.74, 6) is 0.319. The molecule has 25 heavy (non-hydrogen) atoms. The molecule has 2 aromatic rings. The van der Waals surface area contributed by atoms with Crippen LogP contribution in [0.3, 0.4) is 0 Å². The number of hydrogen-bond donors (Lipinski definition) is 1. The van der Waals surface area contributed by atoms with Crippen LogP contribution in [0.4, 0.5) is 0 Å². The Morgan fingerprint density at radius 1 is 1.08 bits per heavy atom. The number of amides is 1. The van der Waals surface area contributed by atoms with Crippen molar-refractivity contribution in [3.8, 4) is 0 Å². The number of rotatable bonds is 4. The van der Waals surface area contributed by atoms with E-state index in [-0.39, 0.29) is 6.04 Å². The lowest BCUT2D eigenvalue weighted by Crippen LogP contribution is -3.11. The summed E-state index contributed by atoms with van der Waals surface area (Å²) in [7, 11) is 2.12. The van der Waals surface area contributed by atoms with Gasteiger partial charge < -0.3 is 14.4 Å². The molecular formula is C21H28N3O+. The van der Waals surface area contributed by atoms with Crippen LogP contribution in [0.2, 0.25) is 0 Å². The third-order valence-corrected chi connectivity index (χ3v) is 5.92. The van der Waals surface area contributed by atoms with E-state index >= 15 is 0 Å². The first-order valence-electron chi connectivity index (χ1n) is 9.56. The van der Waals surface area contributed by atoms with E-state index in [0.717, 1.165) is 44.5 Å². The molecule has 1 unspecified atom stereocenters. The number of aromatic nitrogens is 1. The molecule has 2 saturated heterocycles. The van der Waals surface area contributed by atoms with Gasteiger partial charge in [-0.15, -0.1) is 0 Å². The van der Waals surface area contributed by atoms with E-state index in [2.05, 4.69) is 59.1 Å². The molecule has 0 saturated carbocycles. The van der Waals surface area contributed by atoms with E-state index in [1.165, 1.54) is 17.0 Å². The number of carbonyl (C=O) groups excluding carboxylic acids is 1. The molecule has 2 fully saturated rings. The molecule has 1 amide bonds. The first-order valence-corrected chi connectivity index (χ1v) is 9.56. The Morgan fingerprint density at radius 3 is 2.52 bits per heavy atom. The fourth-order valence-electron chi connectivity index (χ4n) is 4.67. The summed E-state index contributed by atoms with van der Waals surface area (Å²) in [4.78, 5) is 16.9. The average molecular weight is 338 g/mol. The van der Waals surface area contributed by atoms with E-state index in [0.29, 0.717) is 11.9 Å². The van der Waals surface area contributed by atoms with Gasteiger partial charge in [-0.25, -0.2) is 0 Å². The normalized spacial score (nSPS) is 24.6. The molecule has 0 spiro atoms. The van der Waals surface area contributed by atoms with Crippen LogP contribution >= 0.6 is 0 Å². The van der Waals surface area contributed by atoms with E-state index in [9.17, 15) is 4.79 Å². The molecule has 1 aromatic carbocycles. The van der Waals surface area contributed by atoms with Crippen LogP contribution in [0.1, 0.15) is 49.0 Å². The molecule has 2 aliphatic rings. The number of aryl methyl sites for hydroxylation is 1. The van der Waals surface area contributed by atoms with Gasteiger partial charge in [0.25, 0.3) is 5.91 Å². The number of likely N-dealkylation sites (tertiary alicyclic amines) is 2. The molecule has 3 heterocycles. The van der Waals surface area contributed by atoms with Gasteiger partial charge in [-0.1, -0.05) is 30.3 Å². The van der Waals surface area contributed by atoms with E-state index in [1.807, 2.05) is 6.07 Å². The van der Waals surface area contributed by atoms with Gasteiger partial charge in [-0.3, -0.25) is 4.79 Å². The van der Waals surface area contributed by atoms with Gasteiger partial charge in [0.1, 0.15) is 6.04 Å². The van der Waals surface area contributed by atoms with Crippen molar-refractivity contribution in [3.05, 3.63) is 59.9 Å². The number of nitrogens with one attached hydrogen (secondary N) is 1. The molecule has 0 radical (unpaired) electrons. The highest BCUT2D eigenvalue weighted by Gasteiger charge is 2.43. The Labute approximate surface area is 150 Å². The number of benzene rings is 1. The summed E-state index contributed by atoms with van der Waals surface area (Å²) >= 11 is 0. The second kappa shape index (κ2) is 7.04. The maximum atomic E-state index is 13.4. The lowest BCUT2D eigenvalue weighted by molar-refractivity contribution is -0.940. The minimum atomic E-state index is -0.0818. The fourth-order valence-corrected chi connectivity index (χ4v) is 4.67. The van der Waals surface area contributed by atoms with Crippen LogP contribution in [0.25, 0.3) is 0 Å². The number of nitrogens with zero attached hydrogens (tertiary/aromatic N) is 2. The minimum absolute atomic E-state index is 0.0818. The Kier molecular flexibility index (Phi) is 4.62. The van der Waals surface area contributed by atoms with E-state index in [1.54, 1.807) is 0 Å². The van der Waals surface area contributed by atoms with Crippen molar-refractivity contribution in [1.29, 1.82) is 0 Å². The molecule has 4 nitrogen and oxygen atoms in total. The highest BCUT2D eigenvalue weighted by Crippen LogP contribution is 2.25. The molecule has 132 valence electrons. The van der Waals surface area contributed by atoms with Gasteiger partial charge in [0.15, 0.2) is 6.04 Å². The topological polar surface area (TPSA) is 29.7 Å². The van der Waals surface area contributed by atoms with E-state index < -0.39 is 0 Å². The molecule has 3 atom stereocenters. The summed E-state index contributed by atoms with van der Waals surface area (Å²) < 4.78 is 2.22. The Balaban J connectivity index is 1.69. The monoisotopic (exact) mass is 338 g/mol. The van der Waals surface area contributed by atoms with Crippen molar-refractivity contribution < 1.29 is 9.69 Å². The number of quaternary nitrogens is 1. The second-order valence-corrected chi connectivity index (χ2v) is 7.44. The highest BCUT2D eigenvalue weighted by molar-refractivity contribution is 5.82. The van der Waals surface area contributed by atoms with Gasteiger partial charge >= 0.3 is 0 Å². The predicted molar refractivity (Wildman–Crippen MR) is 98.2 cm³/mol. The van der Waals surface area contributed by atoms with Crippen molar-refractivity contribution in [2.75, 3.05) is 19.6 Å². The van der Waals surface area contributed by atoms with Crippen molar-refractivity contribution in [2.24, 2.45) is 7.05 Å². The Bertz CT molecular complexity index is 718. The average Bonchev–Trinajstić information content (AvgIpc) is 3.37. The lowest BCUT2D eigenvalue weighted by Gasteiger charge is -2.32. The van der Waals surface area contributed by atoms with Gasteiger partial charge in [-0.05, 0) is 25.0 Å². The molecule has 1 N–H and O–H groups in total. The Morgan fingerprint density at radius 2 is 1.84 bits per heavy atom. The molecule has 4 heteroatoms. The zero-order chi connectivity index (χ0) is 17.2.